The van der Waals surface area contributed by atoms with E-state index in [9.17, 15) is 4.79 Å². The highest BCUT2D eigenvalue weighted by Gasteiger charge is 2.25. The number of benzene rings is 1. The number of ether oxygens (including phenoxy) is 1. The van der Waals surface area contributed by atoms with Crippen LogP contribution in [0.5, 0.6) is 0 Å². The molecule has 0 unspecified atom stereocenters. The zero-order valence-electron chi connectivity index (χ0n) is 11.1. The van der Waals surface area contributed by atoms with Crippen LogP contribution in [0.4, 0.5) is 0 Å². The SMILES string of the molecule is CCC(=O)C1CCC(OCc2ccccc2)CC1. The molecule has 0 aromatic heterocycles. The van der Waals surface area contributed by atoms with Gasteiger partial charge in [-0.15, -0.1) is 0 Å². The van der Waals surface area contributed by atoms with E-state index in [1.165, 1.54) is 5.56 Å². The van der Waals surface area contributed by atoms with Gasteiger partial charge in [-0.25, -0.2) is 0 Å². The average Bonchev–Trinajstić information content (AvgIpc) is 2.46. The maximum atomic E-state index is 11.6. The third-order valence-corrected chi connectivity index (χ3v) is 3.81. The molecule has 0 N–H and O–H groups in total. The van der Waals surface area contributed by atoms with Gasteiger partial charge in [-0.05, 0) is 31.2 Å². The van der Waals surface area contributed by atoms with E-state index in [0.29, 0.717) is 30.8 Å². The minimum absolute atomic E-state index is 0.298. The third kappa shape index (κ3) is 3.67. The molecule has 0 saturated heterocycles. The molecule has 18 heavy (non-hydrogen) atoms. The number of carbonyl (C=O) groups excluding carboxylic acids is 1. The second-order valence-corrected chi connectivity index (χ2v) is 5.09. The fourth-order valence-electron chi connectivity index (χ4n) is 2.63. The summed E-state index contributed by atoms with van der Waals surface area (Å²) in [5.41, 5.74) is 1.23. The van der Waals surface area contributed by atoms with Gasteiger partial charge in [0.2, 0.25) is 0 Å². The van der Waals surface area contributed by atoms with Gasteiger partial charge < -0.3 is 4.74 Å². The van der Waals surface area contributed by atoms with Crippen LogP contribution in [0.15, 0.2) is 30.3 Å². The maximum Gasteiger partial charge on any atom is 0.135 e. The van der Waals surface area contributed by atoms with E-state index in [4.69, 9.17) is 4.74 Å². The number of Topliss-reactive ketones (excluding diaryl/α,β-unsaturated/α-hetero) is 1. The third-order valence-electron chi connectivity index (χ3n) is 3.81. The van der Waals surface area contributed by atoms with Crippen molar-refractivity contribution in [2.24, 2.45) is 5.92 Å². The van der Waals surface area contributed by atoms with Crippen LogP contribution >= 0.6 is 0 Å². The molecule has 0 radical (unpaired) electrons. The Kier molecular flexibility index (Phi) is 4.94. The normalized spacial score (nSPS) is 23.8. The van der Waals surface area contributed by atoms with Crippen LogP contribution in [0, 0.1) is 5.92 Å². The highest BCUT2D eigenvalue weighted by Crippen LogP contribution is 2.28. The summed E-state index contributed by atoms with van der Waals surface area (Å²) in [6, 6.07) is 10.3. The van der Waals surface area contributed by atoms with E-state index in [2.05, 4.69) is 12.1 Å². The van der Waals surface area contributed by atoms with Gasteiger partial charge >= 0.3 is 0 Å². The van der Waals surface area contributed by atoms with Crippen molar-refractivity contribution in [2.45, 2.75) is 51.7 Å². The first-order valence-corrected chi connectivity index (χ1v) is 6.98. The molecule has 0 heterocycles. The molecular weight excluding hydrogens is 224 g/mol. The zero-order valence-corrected chi connectivity index (χ0v) is 11.1. The topological polar surface area (TPSA) is 26.3 Å². The van der Waals surface area contributed by atoms with E-state index in [-0.39, 0.29) is 0 Å². The van der Waals surface area contributed by atoms with Gasteiger partial charge in [-0.1, -0.05) is 37.3 Å². The molecule has 1 aliphatic rings. The fraction of sp³-hybridized carbons (Fsp3) is 0.562. The molecule has 0 atom stereocenters. The van der Waals surface area contributed by atoms with Gasteiger partial charge in [0.05, 0.1) is 12.7 Å². The lowest BCUT2D eigenvalue weighted by Gasteiger charge is -2.27. The molecule has 0 amide bonds. The van der Waals surface area contributed by atoms with Crippen molar-refractivity contribution in [1.82, 2.24) is 0 Å². The van der Waals surface area contributed by atoms with E-state index in [0.717, 1.165) is 25.7 Å². The minimum atomic E-state index is 0.298. The van der Waals surface area contributed by atoms with E-state index in [1.54, 1.807) is 0 Å². The molecule has 0 aliphatic heterocycles. The molecule has 0 bridgehead atoms. The summed E-state index contributed by atoms with van der Waals surface area (Å²) in [5.74, 6) is 0.725. The molecule has 1 aliphatic carbocycles. The smallest absolute Gasteiger partial charge is 0.135 e. The molecule has 2 heteroatoms. The molecule has 2 rings (SSSR count). The van der Waals surface area contributed by atoms with Gasteiger partial charge in [0.1, 0.15) is 5.78 Å². The number of hydrogen-bond donors (Lipinski definition) is 0. The van der Waals surface area contributed by atoms with E-state index < -0.39 is 0 Å². The Balaban J connectivity index is 1.72. The quantitative estimate of drug-likeness (QED) is 0.791. The highest BCUT2D eigenvalue weighted by molar-refractivity contribution is 5.80. The Morgan fingerprint density at radius 2 is 1.83 bits per heavy atom. The van der Waals surface area contributed by atoms with Crippen LogP contribution in [0.1, 0.15) is 44.6 Å². The lowest BCUT2D eigenvalue weighted by molar-refractivity contribution is -0.124. The van der Waals surface area contributed by atoms with Crippen molar-refractivity contribution < 1.29 is 9.53 Å². The summed E-state index contributed by atoms with van der Waals surface area (Å²) in [5, 5.41) is 0. The van der Waals surface area contributed by atoms with Crippen molar-refractivity contribution in [2.75, 3.05) is 0 Å². The molecule has 1 aromatic carbocycles. The summed E-state index contributed by atoms with van der Waals surface area (Å²) in [4.78, 5) is 11.6. The Morgan fingerprint density at radius 3 is 2.44 bits per heavy atom. The van der Waals surface area contributed by atoms with Crippen LogP contribution in [-0.4, -0.2) is 11.9 Å². The second kappa shape index (κ2) is 6.69. The Bertz CT molecular complexity index is 364. The number of ketones is 1. The fourth-order valence-corrected chi connectivity index (χ4v) is 2.63. The summed E-state index contributed by atoms with van der Waals surface area (Å²) < 4.78 is 5.92. The molecular formula is C16H22O2. The predicted molar refractivity (Wildman–Crippen MR) is 72.3 cm³/mol. The summed E-state index contributed by atoms with van der Waals surface area (Å²) in [7, 11) is 0. The van der Waals surface area contributed by atoms with Crippen LogP contribution < -0.4 is 0 Å². The van der Waals surface area contributed by atoms with Gasteiger partial charge in [-0.3, -0.25) is 4.79 Å². The number of carbonyl (C=O) groups is 1. The standard InChI is InChI=1S/C16H22O2/c1-2-16(17)14-8-10-15(11-9-14)18-12-13-6-4-3-5-7-13/h3-7,14-15H,2,8-12H2,1H3. The largest absolute Gasteiger partial charge is 0.374 e. The van der Waals surface area contributed by atoms with Crippen molar-refractivity contribution in [3.63, 3.8) is 0 Å². The van der Waals surface area contributed by atoms with Crippen LogP contribution in [0.3, 0.4) is 0 Å². The Labute approximate surface area is 109 Å². The number of rotatable bonds is 5. The van der Waals surface area contributed by atoms with Gasteiger partial charge in [0.15, 0.2) is 0 Å². The first kappa shape index (κ1) is 13.3. The Morgan fingerprint density at radius 1 is 1.17 bits per heavy atom. The molecule has 1 saturated carbocycles. The lowest BCUT2D eigenvalue weighted by atomic mass is 9.84. The highest BCUT2D eigenvalue weighted by atomic mass is 16.5. The summed E-state index contributed by atoms with van der Waals surface area (Å²) in [6.45, 7) is 2.65. The van der Waals surface area contributed by atoms with Gasteiger partial charge in [0.25, 0.3) is 0 Å². The summed E-state index contributed by atoms with van der Waals surface area (Å²) >= 11 is 0. The average molecular weight is 246 g/mol. The molecule has 1 fully saturated rings. The Hall–Kier alpha value is -1.15. The maximum absolute atomic E-state index is 11.6. The predicted octanol–water partition coefficient (Wildman–Crippen LogP) is 3.74. The molecule has 1 aromatic rings. The van der Waals surface area contributed by atoms with Crippen molar-refractivity contribution >= 4 is 5.78 Å². The number of hydrogen-bond acceptors (Lipinski definition) is 2. The van der Waals surface area contributed by atoms with Gasteiger partial charge in [0, 0.05) is 12.3 Å². The van der Waals surface area contributed by atoms with Crippen LogP contribution in [0.2, 0.25) is 0 Å². The van der Waals surface area contributed by atoms with E-state index in [1.807, 2.05) is 25.1 Å². The summed E-state index contributed by atoms with van der Waals surface area (Å²) in [6.07, 6.45) is 5.09. The van der Waals surface area contributed by atoms with E-state index >= 15 is 0 Å². The zero-order chi connectivity index (χ0) is 12.8. The molecule has 98 valence electrons. The molecule has 0 spiro atoms. The lowest BCUT2D eigenvalue weighted by Crippen LogP contribution is -2.25. The first-order chi connectivity index (χ1) is 8.79. The van der Waals surface area contributed by atoms with Crippen LogP contribution in [0.25, 0.3) is 0 Å². The first-order valence-electron chi connectivity index (χ1n) is 6.98. The van der Waals surface area contributed by atoms with Crippen molar-refractivity contribution in [1.29, 1.82) is 0 Å². The second-order valence-electron chi connectivity index (χ2n) is 5.09. The minimum Gasteiger partial charge on any atom is -0.374 e. The monoisotopic (exact) mass is 246 g/mol. The van der Waals surface area contributed by atoms with Crippen LogP contribution in [-0.2, 0) is 16.1 Å². The van der Waals surface area contributed by atoms with Crippen molar-refractivity contribution in [3.05, 3.63) is 35.9 Å². The molecule has 2 nitrogen and oxygen atoms in total. The van der Waals surface area contributed by atoms with Crippen molar-refractivity contribution in [3.8, 4) is 0 Å². The van der Waals surface area contributed by atoms with Gasteiger partial charge in [-0.2, -0.15) is 0 Å².